The molecule has 0 saturated heterocycles. The molecule has 17 heavy (non-hydrogen) atoms. The quantitative estimate of drug-likeness (QED) is 0.872. The zero-order valence-corrected chi connectivity index (χ0v) is 10.5. The summed E-state index contributed by atoms with van der Waals surface area (Å²) in [4.78, 5) is 0. The molecule has 1 aliphatic heterocycles. The normalized spacial score (nSPS) is 19.8. The molecule has 2 N–H and O–H groups in total. The minimum absolute atomic E-state index is 0.209. The van der Waals surface area contributed by atoms with E-state index in [1.54, 1.807) is 0 Å². The first-order valence-corrected chi connectivity index (χ1v) is 6.30. The van der Waals surface area contributed by atoms with E-state index in [0.29, 0.717) is 12.7 Å². The van der Waals surface area contributed by atoms with Crippen LogP contribution in [0.15, 0.2) is 12.1 Å². The zero-order chi connectivity index (χ0) is 12.0. The van der Waals surface area contributed by atoms with Crippen LogP contribution < -0.4 is 15.2 Å². The number of benzene rings is 1. The third-order valence-electron chi connectivity index (χ3n) is 3.98. The van der Waals surface area contributed by atoms with E-state index in [9.17, 15) is 0 Å². The molecule has 0 radical (unpaired) electrons. The maximum absolute atomic E-state index is 5.94. The van der Waals surface area contributed by atoms with Gasteiger partial charge in [0.15, 0.2) is 11.5 Å². The van der Waals surface area contributed by atoms with Gasteiger partial charge < -0.3 is 15.2 Å². The van der Waals surface area contributed by atoms with Crippen LogP contribution in [-0.4, -0.2) is 13.3 Å². The molecular weight excluding hydrogens is 214 g/mol. The van der Waals surface area contributed by atoms with Gasteiger partial charge in [0.25, 0.3) is 0 Å². The summed E-state index contributed by atoms with van der Waals surface area (Å²) in [5, 5.41) is 0. The number of hydrogen-bond acceptors (Lipinski definition) is 3. The van der Waals surface area contributed by atoms with Gasteiger partial charge in [-0.2, -0.15) is 0 Å². The van der Waals surface area contributed by atoms with E-state index < -0.39 is 0 Å². The summed E-state index contributed by atoms with van der Waals surface area (Å²) < 4.78 is 10.9. The van der Waals surface area contributed by atoms with Crippen molar-refractivity contribution in [2.24, 2.45) is 5.73 Å². The lowest BCUT2D eigenvalue weighted by atomic mass is 9.86. The Bertz CT molecular complexity index is 450. The Hall–Kier alpha value is -1.22. The lowest BCUT2D eigenvalue weighted by molar-refractivity contribution is 0.174. The Kier molecular flexibility index (Phi) is 2.33. The maximum Gasteiger partial charge on any atom is 0.231 e. The smallest absolute Gasteiger partial charge is 0.231 e. The average Bonchev–Trinajstić information content (AvgIpc) is 2.99. The van der Waals surface area contributed by atoms with Crippen LogP contribution in [0.1, 0.15) is 43.7 Å². The highest BCUT2D eigenvalue weighted by Gasteiger charge is 2.45. The number of nitrogens with two attached hydrogens (primary N) is 1. The van der Waals surface area contributed by atoms with E-state index >= 15 is 0 Å². The molecule has 1 fully saturated rings. The summed E-state index contributed by atoms with van der Waals surface area (Å²) in [6.07, 6.45) is 2.39. The Balaban J connectivity index is 2.12. The van der Waals surface area contributed by atoms with Crippen molar-refractivity contribution in [3.8, 4) is 11.5 Å². The molecule has 92 valence electrons. The van der Waals surface area contributed by atoms with Crippen molar-refractivity contribution in [2.45, 2.75) is 38.0 Å². The second kappa shape index (κ2) is 3.64. The van der Waals surface area contributed by atoms with Gasteiger partial charge in [0.1, 0.15) is 0 Å². The molecule has 1 saturated carbocycles. The van der Waals surface area contributed by atoms with Gasteiger partial charge in [-0.05, 0) is 42.0 Å². The fourth-order valence-electron chi connectivity index (χ4n) is 2.63. The molecule has 3 rings (SSSR count). The van der Waals surface area contributed by atoms with Crippen LogP contribution in [0, 0.1) is 0 Å². The first-order valence-electron chi connectivity index (χ1n) is 6.30. The number of hydrogen-bond donors (Lipinski definition) is 1. The van der Waals surface area contributed by atoms with Crippen molar-refractivity contribution >= 4 is 0 Å². The predicted octanol–water partition coefficient (Wildman–Crippen LogP) is 2.53. The highest BCUT2D eigenvalue weighted by molar-refractivity contribution is 5.53. The van der Waals surface area contributed by atoms with Crippen molar-refractivity contribution in [3.63, 3.8) is 0 Å². The van der Waals surface area contributed by atoms with Crippen LogP contribution in [-0.2, 0) is 5.41 Å². The van der Waals surface area contributed by atoms with E-state index in [-0.39, 0.29) is 5.41 Å². The van der Waals surface area contributed by atoms with E-state index in [0.717, 1.165) is 18.0 Å². The highest BCUT2D eigenvalue weighted by Crippen LogP contribution is 2.52. The molecule has 1 aliphatic carbocycles. The van der Waals surface area contributed by atoms with Crippen molar-refractivity contribution in [1.82, 2.24) is 0 Å². The highest BCUT2D eigenvalue weighted by atomic mass is 16.7. The van der Waals surface area contributed by atoms with Gasteiger partial charge in [-0.25, -0.2) is 0 Å². The standard InChI is InChI=1S/C14H19NO2/c1-9(2)10-5-12-13(17-8-16-12)6-11(10)14(7-15)3-4-14/h5-6,9H,3-4,7-8,15H2,1-2H3. The van der Waals surface area contributed by atoms with Crippen LogP contribution in [0.3, 0.4) is 0 Å². The van der Waals surface area contributed by atoms with Crippen molar-refractivity contribution in [3.05, 3.63) is 23.3 Å². The molecule has 3 nitrogen and oxygen atoms in total. The van der Waals surface area contributed by atoms with Gasteiger partial charge in [-0.3, -0.25) is 0 Å². The molecule has 3 heteroatoms. The molecular formula is C14H19NO2. The predicted molar refractivity (Wildman–Crippen MR) is 66.6 cm³/mol. The molecule has 0 atom stereocenters. The van der Waals surface area contributed by atoms with Crippen molar-refractivity contribution < 1.29 is 9.47 Å². The van der Waals surface area contributed by atoms with E-state index in [1.807, 2.05) is 0 Å². The van der Waals surface area contributed by atoms with Gasteiger partial charge in [0.2, 0.25) is 6.79 Å². The molecule has 0 bridgehead atoms. The summed E-state index contributed by atoms with van der Waals surface area (Å²) in [5.41, 5.74) is 8.88. The first kappa shape index (κ1) is 10.9. The summed E-state index contributed by atoms with van der Waals surface area (Å²) in [5.74, 6) is 2.25. The van der Waals surface area contributed by atoms with E-state index in [4.69, 9.17) is 15.2 Å². The summed E-state index contributed by atoms with van der Waals surface area (Å²) >= 11 is 0. The minimum atomic E-state index is 0.209. The molecule has 0 spiro atoms. The van der Waals surface area contributed by atoms with Gasteiger partial charge in [-0.1, -0.05) is 13.8 Å². The number of ether oxygens (including phenoxy) is 2. The minimum Gasteiger partial charge on any atom is -0.454 e. The molecule has 1 aromatic carbocycles. The monoisotopic (exact) mass is 233 g/mol. The molecule has 0 unspecified atom stereocenters. The van der Waals surface area contributed by atoms with Gasteiger partial charge in [0, 0.05) is 12.0 Å². The summed E-state index contributed by atoms with van der Waals surface area (Å²) in [6.45, 7) is 5.50. The van der Waals surface area contributed by atoms with Crippen LogP contribution in [0.2, 0.25) is 0 Å². The largest absolute Gasteiger partial charge is 0.454 e. The van der Waals surface area contributed by atoms with Gasteiger partial charge in [-0.15, -0.1) is 0 Å². The molecule has 2 aliphatic rings. The fraction of sp³-hybridized carbons (Fsp3) is 0.571. The second-order valence-corrected chi connectivity index (χ2v) is 5.43. The van der Waals surface area contributed by atoms with Crippen LogP contribution in [0.4, 0.5) is 0 Å². The number of fused-ring (bicyclic) bond motifs is 1. The van der Waals surface area contributed by atoms with E-state index in [1.165, 1.54) is 24.0 Å². The number of rotatable bonds is 3. The van der Waals surface area contributed by atoms with Crippen molar-refractivity contribution in [2.75, 3.05) is 13.3 Å². The third kappa shape index (κ3) is 1.61. The molecule has 0 aromatic heterocycles. The van der Waals surface area contributed by atoms with Crippen LogP contribution in [0.25, 0.3) is 0 Å². The third-order valence-corrected chi connectivity index (χ3v) is 3.98. The van der Waals surface area contributed by atoms with Crippen LogP contribution in [0.5, 0.6) is 11.5 Å². The summed E-state index contributed by atoms with van der Waals surface area (Å²) in [6, 6.07) is 4.29. The topological polar surface area (TPSA) is 44.5 Å². The van der Waals surface area contributed by atoms with E-state index in [2.05, 4.69) is 26.0 Å². The van der Waals surface area contributed by atoms with Crippen molar-refractivity contribution in [1.29, 1.82) is 0 Å². The van der Waals surface area contributed by atoms with Crippen LogP contribution >= 0.6 is 0 Å². The Labute approximate surface area is 102 Å². The average molecular weight is 233 g/mol. The Morgan fingerprint density at radius 3 is 2.41 bits per heavy atom. The molecule has 1 heterocycles. The summed E-state index contributed by atoms with van der Waals surface area (Å²) in [7, 11) is 0. The lowest BCUT2D eigenvalue weighted by Crippen LogP contribution is -2.21. The second-order valence-electron chi connectivity index (χ2n) is 5.43. The zero-order valence-electron chi connectivity index (χ0n) is 10.5. The lowest BCUT2D eigenvalue weighted by Gasteiger charge is -2.20. The first-order chi connectivity index (χ1) is 8.16. The maximum atomic E-state index is 5.94. The Morgan fingerprint density at radius 1 is 1.24 bits per heavy atom. The van der Waals surface area contributed by atoms with Gasteiger partial charge >= 0.3 is 0 Å². The molecule has 0 amide bonds. The van der Waals surface area contributed by atoms with Gasteiger partial charge in [0.05, 0.1) is 0 Å². The molecule has 1 aromatic rings. The Morgan fingerprint density at radius 2 is 1.88 bits per heavy atom. The SMILES string of the molecule is CC(C)c1cc2c(cc1C1(CN)CC1)OCO2. The fourth-order valence-corrected chi connectivity index (χ4v) is 2.63.